The number of hydrogen-bond acceptors (Lipinski definition) is 2. The average Bonchev–Trinajstić information content (AvgIpc) is 2.63. The summed E-state index contributed by atoms with van der Waals surface area (Å²) in [4.78, 5) is 0.765. The van der Waals surface area contributed by atoms with Crippen LogP contribution in [0.3, 0.4) is 0 Å². The van der Waals surface area contributed by atoms with Crippen molar-refractivity contribution in [2.75, 3.05) is 0 Å². The number of benzene rings is 1. The van der Waals surface area contributed by atoms with E-state index in [1.54, 1.807) is 6.07 Å². The Kier molecular flexibility index (Phi) is 3.91. The van der Waals surface area contributed by atoms with Gasteiger partial charge in [-0.15, -0.1) is 11.3 Å². The molecule has 0 aliphatic rings. The normalized spacial score (nSPS) is 12.7. The highest BCUT2D eigenvalue weighted by atomic mass is 79.9. The SMILES string of the molecule is OC(Cc1cc(F)cc(F)c1)c1cc(Br)cs1. The Labute approximate surface area is 110 Å². The molecule has 0 aliphatic heterocycles. The van der Waals surface area contributed by atoms with Gasteiger partial charge in [-0.3, -0.25) is 0 Å². The van der Waals surface area contributed by atoms with Gasteiger partial charge in [0.05, 0.1) is 6.10 Å². The molecule has 2 rings (SSSR count). The van der Waals surface area contributed by atoms with Gasteiger partial charge in [-0.1, -0.05) is 0 Å². The van der Waals surface area contributed by atoms with Gasteiger partial charge >= 0.3 is 0 Å². The number of aliphatic hydroxyl groups excluding tert-OH is 1. The molecule has 0 saturated heterocycles. The van der Waals surface area contributed by atoms with Crippen molar-refractivity contribution in [1.82, 2.24) is 0 Å². The predicted molar refractivity (Wildman–Crippen MR) is 67.0 cm³/mol. The minimum atomic E-state index is -0.743. The molecule has 1 aromatic carbocycles. The predicted octanol–water partition coefficient (Wildman–Crippen LogP) is 4.06. The van der Waals surface area contributed by atoms with Crippen LogP contribution in [0.25, 0.3) is 0 Å². The second-order valence-corrected chi connectivity index (χ2v) is 5.52. The Morgan fingerprint density at radius 3 is 2.35 bits per heavy atom. The summed E-state index contributed by atoms with van der Waals surface area (Å²) in [7, 11) is 0. The molecule has 1 N–H and O–H groups in total. The summed E-state index contributed by atoms with van der Waals surface area (Å²) < 4.78 is 26.8. The third-order valence-electron chi connectivity index (χ3n) is 2.27. The van der Waals surface area contributed by atoms with Crippen molar-refractivity contribution in [2.24, 2.45) is 0 Å². The maximum Gasteiger partial charge on any atom is 0.126 e. The van der Waals surface area contributed by atoms with Gasteiger partial charge in [-0.05, 0) is 39.7 Å². The zero-order valence-electron chi connectivity index (χ0n) is 8.66. The van der Waals surface area contributed by atoms with Crippen molar-refractivity contribution >= 4 is 27.3 Å². The summed E-state index contributed by atoms with van der Waals surface area (Å²) in [5.74, 6) is -1.25. The van der Waals surface area contributed by atoms with E-state index in [4.69, 9.17) is 0 Å². The van der Waals surface area contributed by atoms with Gasteiger partial charge in [-0.2, -0.15) is 0 Å². The van der Waals surface area contributed by atoms with E-state index in [0.717, 1.165) is 15.4 Å². The highest BCUT2D eigenvalue weighted by molar-refractivity contribution is 9.10. The molecule has 17 heavy (non-hydrogen) atoms. The first kappa shape index (κ1) is 12.7. The van der Waals surface area contributed by atoms with Crippen LogP contribution in [-0.4, -0.2) is 5.11 Å². The second-order valence-electron chi connectivity index (χ2n) is 3.66. The van der Waals surface area contributed by atoms with Gasteiger partial charge in [0.25, 0.3) is 0 Å². The van der Waals surface area contributed by atoms with E-state index in [-0.39, 0.29) is 6.42 Å². The van der Waals surface area contributed by atoms with Crippen molar-refractivity contribution in [3.8, 4) is 0 Å². The Bertz CT molecular complexity index is 507. The Morgan fingerprint density at radius 2 is 1.82 bits per heavy atom. The Morgan fingerprint density at radius 1 is 1.18 bits per heavy atom. The van der Waals surface area contributed by atoms with Gasteiger partial charge in [0.1, 0.15) is 11.6 Å². The van der Waals surface area contributed by atoms with Crippen LogP contribution < -0.4 is 0 Å². The molecule has 1 heterocycles. The van der Waals surface area contributed by atoms with E-state index < -0.39 is 17.7 Å². The van der Waals surface area contributed by atoms with E-state index in [0.29, 0.717) is 5.56 Å². The first-order valence-electron chi connectivity index (χ1n) is 4.91. The largest absolute Gasteiger partial charge is 0.387 e. The van der Waals surface area contributed by atoms with Gasteiger partial charge in [0.2, 0.25) is 0 Å². The molecule has 1 aromatic heterocycles. The summed E-state index contributed by atoms with van der Waals surface area (Å²) in [6.07, 6.45) is -0.547. The minimum Gasteiger partial charge on any atom is -0.387 e. The lowest BCUT2D eigenvalue weighted by atomic mass is 10.1. The molecule has 0 spiro atoms. The topological polar surface area (TPSA) is 20.2 Å². The van der Waals surface area contributed by atoms with Crippen molar-refractivity contribution in [3.63, 3.8) is 0 Å². The lowest BCUT2D eigenvalue weighted by molar-refractivity contribution is 0.182. The molecule has 90 valence electrons. The molecule has 0 radical (unpaired) electrons. The third kappa shape index (κ3) is 3.34. The second kappa shape index (κ2) is 5.25. The maximum absolute atomic E-state index is 13.0. The molecule has 1 unspecified atom stereocenters. The quantitative estimate of drug-likeness (QED) is 0.904. The monoisotopic (exact) mass is 318 g/mol. The summed E-state index contributed by atoms with van der Waals surface area (Å²) in [5.41, 5.74) is 0.444. The molecular weight excluding hydrogens is 310 g/mol. The molecule has 0 amide bonds. The molecule has 2 aromatic rings. The van der Waals surface area contributed by atoms with Crippen molar-refractivity contribution in [1.29, 1.82) is 0 Å². The molecule has 1 nitrogen and oxygen atoms in total. The number of aliphatic hydroxyl groups is 1. The molecule has 5 heteroatoms. The van der Waals surface area contributed by atoms with Crippen LogP contribution in [0, 0.1) is 11.6 Å². The van der Waals surface area contributed by atoms with Gasteiger partial charge in [-0.25, -0.2) is 8.78 Å². The van der Waals surface area contributed by atoms with Crippen LogP contribution >= 0.6 is 27.3 Å². The number of thiophene rings is 1. The highest BCUT2D eigenvalue weighted by Gasteiger charge is 2.12. The van der Waals surface area contributed by atoms with E-state index in [1.165, 1.54) is 23.5 Å². The van der Waals surface area contributed by atoms with E-state index in [9.17, 15) is 13.9 Å². The smallest absolute Gasteiger partial charge is 0.126 e. The Hall–Kier alpha value is -0.780. The molecule has 1 atom stereocenters. The fourth-order valence-electron chi connectivity index (χ4n) is 1.56. The third-order valence-corrected chi connectivity index (χ3v) is 4.06. The van der Waals surface area contributed by atoms with Gasteiger partial charge in [0, 0.05) is 27.2 Å². The number of hydrogen-bond donors (Lipinski definition) is 1. The minimum absolute atomic E-state index is 0.196. The van der Waals surface area contributed by atoms with Crippen LogP contribution in [0.1, 0.15) is 16.5 Å². The molecule has 0 bridgehead atoms. The van der Waals surface area contributed by atoms with Crippen LogP contribution in [0.15, 0.2) is 34.1 Å². The standard InChI is InChI=1S/C12H9BrF2OS/c13-8-4-12(17-6-8)11(16)3-7-1-9(14)5-10(15)2-7/h1-2,4-6,11,16H,3H2. The zero-order chi connectivity index (χ0) is 12.4. The summed E-state index contributed by atoms with van der Waals surface area (Å²) in [6.45, 7) is 0. The summed E-state index contributed by atoms with van der Waals surface area (Å²) in [6, 6.07) is 5.08. The van der Waals surface area contributed by atoms with Crippen molar-refractivity contribution < 1.29 is 13.9 Å². The van der Waals surface area contributed by atoms with Crippen LogP contribution in [0.2, 0.25) is 0 Å². The molecule has 0 saturated carbocycles. The molecular formula is C12H9BrF2OS. The highest BCUT2D eigenvalue weighted by Crippen LogP contribution is 2.28. The molecule has 0 fully saturated rings. The van der Waals surface area contributed by atoms with Crippen LogP contribution in [0.5, 0.6) is 0 Å². The van der Waals surface area contributed by atoms with E-state index in [1.807, 2.05) is 5.38 Å². The number of rotatable bonds is 3. The summed E-state index contributed by atoms with van der Waals surface area (Å²) >= 11 is 4.69. The first-order valence-corrected chi connectivity index (χ1v) is 6.59. The zero-order valence-corrected chi connectivity index (χ0v) is 11.1. The van der Waals surface area contributed by atoms with Crippen LogP contribution in [-0.2, 0) is 6.42 Å². The lowest BCUT2D eigenvalue weighted by Gasteiger charge is -2.08. The van der Waals surface area contributed by atoms with Crippen molar-refractivity contribution in [3.05, 3.63) is 56.2 Å². The van der Waals surface area contributed by atoms with E-state index >= 15 is 0 Å². The van der Waals surface area contributed by atoms with E-state index in [2.05, 4.69) is 15.9 Å². The first-order chi connectivity index (χ1) is 8.04. The average molecular weight is 319 g/mol. The number of halogens is 3. The fourth-order valence-corrected chi connectivity index (χ4v) is 2.99. The summed E-state index contributed by atoms with van der Waals surface area (Å²) in [5, 5.41) is 11.8. The lowest BCUT2D eigenvalue weighted by Crippen LogP contribution is -2.00. The Balaban J connectivity index is 2.15. The van der Waals surface area contributed by atoms with Gasteiger partial charge in [0.15, 0.2) is 0 Å². The van der Waals surface area contributed by atoms with Crippen LogP contribution in [0.4, 0.5) is 8.78 Å². The fraction of sp³-hybridized carbons (Fsp3) is 0.167. The molecule has 0 aliphatic carbocycles. The van der Waals surface area contributed by atoms with Crippen molar-refractivity contribution in [2.45, 2.75) is 12.5 Å². The van der Waals surface area contributed by atoms with Gasteiger partial charge < -0.3 is 5.11 Å². The maximum atomic E-state index is 13.0.